The van der Waals surface area contributed by atoms with Crippen molar-refractivity contribution >= 4 is 5.97 Å². The predicted molar refractivity (Wildman–Crippen MR) is 68.3 cm³/mol. The van der Waals surface area contributed by atoms with Gasteiger partial charge in [-0.3, -0.25) is 4.79 Å². The van der Waals surface area contributed by atoms with Crippen molar-refractivity contribution in [3.05, 3.63) is 0 Å². The quantitative estimate of drug-likeness (QED) is 0.679. The first-order chi connectivity index (χ1) is 6.94. The molecule has 0 saturated carbocycles. The number of carbonyl (C=O) groups excluding carboxylic acids is 1. The normalized spacial score (nSPS) is 13.8. The highest BCUT2D eigenvalue weighted by molar-refractivity contribution is 5.75. The van der Waals surface area contributed by atoms with Crippen molar-refractivity contribution in [1.82, 2.24) is 0 Å². The molecule has 0 amide bonds. The molecule has 2 heteroatoms. The molecule has 0 radical (unpaired) electrons. The average molecular weight is 228 g/mol. The molecule has 0 aliphatic heterocycles. The maximum Gasteiger partial charge on any atom is 0.311 e. The van der Waals surface area contributed by atoms with Crippen molar-refractivity contribution in [2.24, 2.45) is 16.2 Å². The van der Waals surface area contributed by atoms with E-state index in [1.807, 2.05) is 20.8 Å². The molecule has 0 N–H and O–H groups in total. The van der Waals surface area contributed by atoms with Crippen LogP contribution in [0, 0.1) is 16.2 Å². The van der Waals surface area contributed by atoms with E-state index in [1.165, 1.54) is 0 Å². The maximum absolute atomic E-state index is 11.8. The molecule has 0 aliphatic rings. The molecule has 0 atom stereocenters. The number of hydrogen-bond acceptors (Lipinski definition) is 2. The van der Waals surface area contributed by atoms with E-state index in [9.17, 15) is 4.79 Å². The lowest BCUT2D eigenvalue weighted by Crippen LogP contribution is -2.37. The molecule has 0 saturated heterocycles. The van der Waals surface area contributed by atoms with Crippen LogP contribution in [0.5, 0.6) is 0 Å². The molecule has 0 spiro atoms. The lowest BCUT2D eigenvalue weighted by molar-refractivity contribution is -0.159. The van der Waals surface area contributed by atoms with Crippen molar-refractivity contribution in [3.8, 4) is 0 Å². The van der Waals surface area contributed by atoms with Crippen LogP contribution in [0.25, 0.3) is 0 Å². The van der Waals surface area contributed by atoms with Gasteiger partial charge in [-0.25, -0.2) is 0 Å². The zero-order valence-electron chi connectivity index (χ0n) is 12.2. The summed E-state index contributed by atoms with van der Waals surface area (Å²) in [5.41, 5.74) is -0.246. The largest absolute Gasteiger partial charge is 0.465 e. The molecule has 0 aromatic carbocycles. The summed E-state index contributed by atoms with van der Waals surface area (Å²) in [4.78, 5) is 11.8. The first-order valence-electron chi connectivity index (χ1n) is 6.11. The fourth-order valence-corrected chi connectivity index (χ4v) is 0.802. The fourth-order valence-electron chi connectivity index (χ4n) is 0.802. The minimum atomic E-state index is -0.367. The summed E-state index contributed by atoms with van der Waals surface area (Å²) in [6.45, 7) is 17.1. The number of hydrogen-bond donors (Lipinski definition) is 0. The standard InChI is InChI=1S/C14H28O2/c1-9-13(5,6)11(15)16-10-14(7,8)12(2,3)4/h9-10H2,1-8H3. The number of esters is 1. The fraction of sp³-hybridized carbons (Fsp3) is 0.929. The highest BCUT2D eigenvalue weighted by Gasteiger charge is 2.36. The Morgan fingerprint density at radius 2 is 1.44 bits per heavy atom. The Kier molecular flexibility index (Phi) is 4.61. The Morgan fingerprint density at radius 1 is 1.00 bits per heavy atom. The monoisotopic (exact) mass is 228 g/mol. The SMILES string of the molecule is CCC(C)(C)C(=O)OCC(C)(C)C(C)(C)C. The zero-order valence-corrected chi connectivity index (χ0v) is 12.2. The van der Waals surface area contributed by atoms with E-state index in [1.54, 1.807) is 0 Å². The molecule has 0 heterocycles. The van der Waals surface area contributed by atoms with E-state index < -0.39 is 0 Å². The third kappa shape index (κ3) is 3.80. The van der Waals surface area contributed by atoms with Crippen LogP contribution in [-0.2, 0) is 9.53 Å². The second-order valence-corrected chi connectivity index (χ2v) is 6.95. The minimum Gasteiger partial charge on any atom is -0.465 e. The number of ether oxygens (including phenoxy) is 1. The van der Waals surface area contributed by atoms with Crippen LogP contribution < -0.4 is 0 Å². The smallest absolute Gasteiger partial charge is 0.311 e. The van der Waals surface area contributed by atoms with E-state index in [2.05, 4.69) is 34.6 Å². The van der Waals surface area contributed by atoms with E-state index in [0.717, 1.165) is 6.42 Å². The van der Waals surface area contributed by atoms with Crippen LogP contribution >= 0.6 is 0 Å². The van der Waals surface area contributed by atoms with E-state index >= 15 is 0 Å². The Balaban J connectivity index is 4.43. The average Bonchev–Trinajstić information content (AvgIpc) is 2.12. The highest BCUT2D eigenvalue weighted by Crippen LogP contribution is 2.38. The Labute approximate surface area is 101 Å². The van der Waals surface area contributed by atoms with Crippen molar-refractivity contribution in [1.29, 1.82) is 0 Å². The molecule has 0 aromatic rings. The molecule has 0 fully saturated rings. The summed E-state index contributed by atoms with van der Waals surface area (Å²) in [5, 5.41) is 0. The zero-order chi connectivity index (χ0) is 13.2. The number of rotatable bonds is 4. The van der Waals surface area contributed by atoms with Crippen LogP contribution in [0.3, 0.4) is 0 Å². The lowest BCUT2D eigenvalue weighted by atomic mass is 9.70. The molecular weight excluding hydrogens is 200 g/mol. The van der Waals surface area contributed by atoms with Gasteiger partial charge in [0.1, 0.15) is 0 Å². The molecule has 0 rings (SSSR count). The molecule has 16 heavy (non-hydrogen) atoms. The van der Waals surface area contributed by atoms with Crippen molar-refractivity contribution in [2.45, 2.75) is 61.8 Å². The topological polar surface area (TPSA) is 26.3 Å². The Hall–Kier alpha value is -0.530. The van der Waals surface area contributed by atoms with E-state index in [0.29, 0.717) is 6.61 Å². The van der Waals surface area contributed by atoms with E-state index in [4.69, 9.17) is 4.74 Å². The lowest BCUT2D eigenvalue weighted by Gasteiger charge is -2.38. The molecule has 0 bridgehead atoms. The molecule has 0 aromatic heterocycles. The molecule has 2 nitrogen and oxygen atoms in total. The second kappa shape index (κ2) is 4.77. The Morgan fingerprint density at radius 3 is 1.75 bits per heavy atom. The maximum atomic E-state index is 11.8. The third-order valence-corrected chi connectivity index (χ3v) is 4.03. The van der Waals surface area contributed by atoms with Crippen molar-refractivity contribution in [3.63, 3.8) is 0 Å². The van der Waals surface area contributed by atoms with Crippen molar-refractivity contribution in [2.75, 3.05) is 6.61 Å². The van der Waals surface area contributed by atoms with Gasteiger partial charge in [-0.15, -0.1) is 0 Å². The summed E-state index contributed by atoms with van der Waals surface area (Å²) in [5.74, 6) is -0.0904. The van der Waals surface area contributed by atoms with Crippen LogP contribution in [-0.4, -0.2) is 12.6 Å². The summed E-state index contributed by atoms with van der Waals surface area (Å²) in [6.07, 6.45) is 0.807. The summed E-state index contributed by atoms with van der Waals surface area (Å²) in [7, 11) is 0. The predicted octanol–water partition coefficient (Wildman–Crippen LogP) is 4.04. The van der Waals surface area contributed by atoms with Gasteiger partial charge in [0.25, 0.3) is 0 Å². The molecule has 96 valence electrons. The van der Waals surface area contributed by atoms with Gasteiger partial charge in [0, 0.05) is 5.41 Å². The van der Waals surface area contributed by atoms with Crippen molar-refractivity contribution < 1.29 is 9.53 Å². The summed E-state index contributed by atoms with van der Waals surface area (Å²) < 4.78 is 5.45. The molecule has 0 unspecified atom stereocenters. The van der Waals surface area contributed by atoms with Gasteiger partial charge in [-0.2, -0.15) is 0 Å². The Bertz CT molecular complexity index is 244. The molecule has 0 aliphatic carbocycles. The van der Waals surface area contributed by atoms with Gasteiger partial charge < -0.3 is 4.74 Å². The van der Waals surface area contributed by atoms with E-state index in [-0.39, 0.29) is 22.2 Å². The third-order valence-electron chi connectivity index (χ3n) is 4.03. The van der Waals surface area contributed by atoms with Gasteiger partial charge in [0.05, 0.1) is 12.0 Å². The van der Waals surface area contributed by atoms with Crippen LogP contribution in [0.1, 0.15) is 61.8 Å². The van der Waals surface area contributed by atoms with Gasteiger partial charge in [-0.1, -0.05) is 41.5 Å². The minimum absolute atomic E-state index is 0.00746. The number of carbonyl (C=O) groups is 1. The summed E-state index contributed by atoms with van der Waals surface area (Å²) >= 11 is 0. The van der Waals surface area contributed by atoms with Crippen LogP contribution in [0.15, 0.2) is 0 Å². The van der Waals surface area contributed by atoms with Crippen LogP contribution in [0.2, 0.25) is 0 Å². The van der Waals surface area contributed by atoms with Gasteiger partial charge in [0.2, 0.25) is 0 Å². The molecular formula is C14H28O2. The van der Waals surface area contributed by atoms with Gasteiger partial charge in [-0.05, 0) is 25.7 Å². The van der Waals surface area contributed by atoms with Gasteiger partial charge >= 0.3 is 5.97 Å². The summed E-state index contributed by atoms with van der Waals surface area (Å²) in [6, 6.07) is 0. The second-order valence-electron chi connectivity index (χ2n) is 6.95. The first kappa shape index (κ1) is 15.5. The highest BCUT2D eigenvalue weighted by atomic mass is 16.5. The van der Waals surface area contributed by atoms with Gasteiger partial charge in [0.15, 0.2) is 0 Å². The first-order valence-corrected chi connectivity index (χ1v) is 6.11. The van der Waals surface area contributed by atoms with Crippen LogP contribution in [0.4, 0.5) is 0 Å².